The van der Waals surface area contributed by atoms with Crippen LogP contribution < -0.4 is 21.1 Å². The first-order chi connectivity index (χ1) is 13.8. The van der Waals surface area contributed by atoms with Crippen molar-refractivity contribution in [2.24, 2.45) is 5.73 Å². The standard InChI is InChI=1S/C16H14ClN5O4S3/c17-11-5-6-13(27-11)29(25,26)22-15(24)21-16-19-8-12(28-16)20-14(23)10-4-2-1-3-9(10)7-18/h1-6,8H,7,18H2,(H,20,23)(H2,19,21,22,24). The smallest absolute Gasteiger partial charge is 0.326 e. The summed E-state index contributed by atoms with van der Waals surface area (Å²) in [7, 11) is -4.05. The van der Waals surface area contributed by atoms with Crippen molar-refractivity contribution in [3.05, 3.63) is 58.1 Å². The topological polar surface area (TPSA) is 143 Å². The Morgan fingerprint density at radius 3 is 2.55 bits per heavy atom. The van der Waals surface area contributed by atoms with E-state index in [-0.39, 0.29) is 26.1 Å². The second-order valence-corrected chi connectivity index (χ2v) is 10.1. The fourth-order valence-corrected chi connectivity index (χ4v) is 5.32. The molecule has 0 aliphatic carbocycles. The van der Waals surface area contributed by atoms with E-state index in [1.165, 1.54) is 18.3 Å². The molecule has 0 bridgehead atoms. The van der Waals surface area contributed by atoms with Crippen LogP contribution in [0.1, 0.15) is 15.9 Å². The molecule has 3 amide bonds. The summed E-state index contributed by atoms with van der Waals surface area (Å²) in [5, 5.41) is 5.44. The third-order valence-corrected chi connectivity index (χ3v) is 7.37. The van der Waals surface area contributed by atoms with E-state index in [2.05, 4.69) is 15.6 Å². The Hall–Kier alpha value is -2.51. The Morgan fingerprint density at radius 1 is 1.10 bits per heavy atom. The van der Waals surface area contributed by atoms with Gasteiger partial charge in [0, 0.05) is 12.1 Å². The van der Waals surface area contributed by atoms with Crippen LogP contribution in [0.5, 0.6) is 0 Å². The van der Waals surface area contributed by atoms with E-state index in [0.717, 1.165) is 22.7 Å². The highest BCUT2D eigenvalue weighted by molar-refractivity contribution is 7.92. The highest BCUT2D eigenvalue weighted by Crippen LogP contribution is 2.26. The number of anilines is 2. The molecule has 0 aliphatic rings. The molecule has 13 heteroatoms. The van der Waals surface area contributed by atoms with Crippen molar-refractivity contribution < 1.29 is 18.0 Å². The fraction of sp³-hybridized carbons (Fsp3) is 0.0625. The van der Waals surface area contributed by atoms with Gasteiger partial charge in [0.15, 0.2) is 5.13 Å². The summed E-state index contributed by atoms with van der Waals surface area (Å²) in [5.41, 5.74) is 6.75. The number of carbonyl (C=O) groups is 2. The Kier molecular flexibility index (Phi) is 6.49. The number of rotatable bonds is 6. The molecule has 2 aromatic heterocycles. The van der Waals surface area contributed by atoms with Gasteiger partial charge < -0.3 is 11.1 Å². The van der Waals surface area contributed by atoms with E-state index in [4.69, 9.17) is 17.3 Å². The van der Waals surface area contributed by atoms with Gasteiger partial charge in [-0.1, -0.05) is 41.1 Å². The van der Waals surface area contributed by atoms with Gasteiger partial charge >= 0.3 is 6.03 Å². The number of halogens is 1. The fourth-order valence-electron chi connectivity index (χ4n) is 2.23. The van der Waals surface area contributed by atoms with Gasteiger partial charge in [0.2, 0.25) is 0 Å². The van der Waals surface area contributed by atoms with Crippen LogP contribution in [0.4, 0.5) is 14.9 Å². The molecule has 152 valence electrons. The van der Waals surface area contributed by atoms with Gasteiger partial charge in [0.1, 0.15) is 9.21 Å². The number of thiophene rings is 1. The average molecular weight is 472 g/mol. The van der Waals surface area contributed by atoms with Crippen LogP contribution in [0, 0.1) is 0 Å². The zero-order chi connectivity index (χ0) is 21.0. The largest absolute Gasteiger partial charge is 0.334 e. The number of aromatic nitrogens is 1. The quantitative estimate of drug-likeness (QED) is 0.435. The molecule has 0 saturated carbocycles. The normalized spacial score (nSPS) is 11.1. The Balaban J connectivity index is 1.63. The van der Waals surface area contributed by atoms with E-state index in [0.29, 0.717) is 16.1 Å². The summed E-state index contributed by atoms with van der Waals surface area (Å²) in [4.78, 5) is 28.3. The van der Waals surface area contributed by atoms with Crippen LogP contribution in [-0.2, 0) is 16.6 Å². The van der Waals surface area contributed by atoms with Gasteiger partial charge in [0.25, 0.3) is 15.9 Å². The van der Waals surface area contributed by atoms with Crippen LogP contribution in [0.15, 0.2) is 46.8 Å². The van der Waals surface area contributed by atoms with Gasteiger partial charge in [0.05, 0.1) is 10.5 Å². The number of thiazole rings is 1. The molecule has 2 heterocycles. The van der Waals surface area contributed by atoms with Crippen LogP contribution in [0.25, 0.3) is 0 Å². The lowest BCUT2D eigenvalue weighted by Gasteiger charge is -2.07. The number of hydrogen-bond acceptors (Lipinski definition) is 8. The van der Waals surface area contributed by atoms with Crippen LogP contribution in [0.3, 0.4) is 0 Å². The molecular formula is C16H14ClN5O4S3. The van der Waals surface area contributed by atoms with Gasteiger partial charge in [-0.2, -0.15) is 0 Å². The first kappa shape index (κ1) is 21.2. The van der Waals surface area contributed by atoms with Gasteiger partial charge in [-0.05, 0) is 23.8 Å². The number of amides is 3. The van der Waals surface area contributed by atoms with Crippen LogP contribution in [-0.4, -0.2) is 25.3 Å². The minimum atomic E-state index is -4.05. The van der Waals surface area contributed by atoms with Crippen molar-refractivity contribution in [1.82, 2.24) is 9.71 Å². The van der Waals surface area contributed by atoms with Gasteiger partial charge in [-0.25, -0.2) is 22.9 Å². The van der Waals surface area contributed by atoms with Crippen molar-refractivity contribution >= 4 is 66.4 Å². The summed E-state index contributed by atoms with van der Waals surface area (Å²) in [6.07, 6.45) is 1.34. The number of sulfonamides is 1. The summed E-state index contributed by atoms with van der Waals surface area (Å²) in [6, 6.07) is 8.61. The maximum Gasteiger partial charge on any atom is 0.334 e. The van der Waals surface area contributed by atoms with Crippen LogP contribution >= 0.6 is 34.3 Å². The molecule has 3 rings (SSSR count). The maximum absolute atomic E-state index is 12.4. The predicted octanol–water partition coefficient (Wildman–Crippen LogP) is 3.08. The molecule has 3 aromatic rings. The Labute approximate surface area is 179 Å². The second-order valence-electron chi connectivity index (χ2n) is 5.46. The molecular weight excluding hydrogens is 458 g/mol. The number of urea groups is 1. The summed E-state index contributed by atoms with van der Waals surface area (Å²) in [5.74, 6) is -0.372. The second kappa shape index (κ2) is 8.88. The van der Waals surface area contributed by atoms with E-state index in [9.17, 15) is 18.0 Å². The van der Waals surface area contributed by atoms with E-state index in [1.54, 1.807) is 24.3 Å². The predicted molar refractivity (Wildman–Crippen MR) is 113 cm³/mol. The minimum Gasteiger partial charge on any atom is -0.326 e. The number of nitrogens with zero attached hydrogens (tertiary/aromatic N) is 1. The first-order valence-electron chi connectivity index (χ1n) is 7.93. The molecule has 0 radical (unpaired) electrons. The zero-order valence-electron chi connectivity index (χ0n) is 14.5. The van der Waals surface area contributed by atoms with Crippen molar-refractivity contribution in [3.8, 4) is 0 Å². The van der Waals surface area contributed by atoms with Crippen molar-refractivity contribution in [1.29, 1.82) is 0 Å². The lowest BCUT2D eigenvalue weighted by Crippen LogP contribution is -2.33. The monoisotopic (exact) mass is 471 g/mol. The molecule has 0 spiro atoms. The molecule has 0 atom stereocenters. The summed E-state index contributed by atoms with van der Waals surface area (Å²) < 4.78 is 26.3. The third-order valence-electron chi connectivity index (χ3n) is 3.49. The molecule has 9 nitrogen and oxygen atoms in total. The highest BCUT2D eigenvalue weighted by atomic mass is 35.5. The zero-order valence-corrected chi connectivity index (χ0v) is 17.7. The first-order valence-corrected chi connectivity index (χ1v) is 11.4. The number of nitrogens with one attached hydrogen (secondary N) is 3. The van der Waals surface area contributed by atoms with Gasteiger partial charge in [-0.15, -0.1) is 11.3 Å². The third kappa shape index (κ3) is 5.31. The van der Waals surface area contributed by atoms with Gasteiger partial charge in [-0.3, -0.25) is 10.1 Å². The SMILES string of the molecule is NCc1ccccc1C(=O)Nc1cnc(NC(=O)NS(=O)(=O)c2ccc(Cl)s2)s1. The number of benzene rings is 1. The number of hydrogen-bond donors (Lipinski definition) is 4. The molecule has 1 aromatic carbocycles. The molecule has 0 aliphatic heterocycles. The average Bonchev–Trinajstić information content (AvgIpc) is 3.30. The molecule has 0 fully saturated rings. The van der Waals surface area contributed by atoms with E-state index >= 15 is 0 Å². The van der Waals surface area contributed by atoms with Crippen molar-refractivity contribution in [2.45, 2.75) is 10.8 Å². The van der Waals surface area contributed by atoms with Crippen molar-refractivity contribution in [3.63, 3.8) is 0 Å². The Morgan fingerprint density at radius 2 is 1.86 bits per heavy atom. The van der Waals surface area contributed by atoms with E-state index in [1.807, 2.05) is 4.72 Å². The van der Waals surface area contributed by atoms with Crippen molar-refractivity contribution in [2.75, 3.05) is 10.6 Å². The summed E-state index contributed by atoms with van der Waals surface area (Å²) in [6.45, 7) is 0.211. The number of nitrogens with two attached hydrogens (primary N) is 1. The summed E-state index contributed by atoms with van der Waals surface area (Å²) >= 11 is 7.50. The molecule has 5 N–H and O–H groups in total. The minimum absolute atomic E-state index is 0.0942. The molecule has 0 unspecified atom stereocenters. The van der Waals surface area contributed by atoms with E-state index < -0.39 is 16.1 Å². The molecule has 0 saturated heterocycles. The Bertz CT molecular complexity index is 1160. The maximum atomic E-state index is 12.4. The lowest BCUT2D eigenvalue weighted by molar-refractivity contribution is 0.102. The number of carbonyl (C=O) groups excluding carboxylic acids is 2. The molecule has 29 heavy (non-hydrogen) atoms. The lowest BCUT2D eigenvalue weighted by atomic mass is 10.1. The highest BCUT2D eigenvalue weighted by Gasteiger charge is 2.20. The van der Waals surface area contributed by atoms with Crippen LogP contribution in [0.2, 0.25) is 4.34 Å².